The Balaban J connectivity index is 2.43. The Morgan fingerprint density at radius 3 is 2.83 bits per heavy atom. The van der Waals surface area contributed by atoms with Crippen molar-refractivity contribution in [1.82, 2.24) is 10.2 Å². The molecule has 1 aromatic heterocycles. The van der Waals surface area contributed by atoms with Gasteiger partial charge in [0.2, 0.25) is 10.3 Å². The van der Waals surface area contributed by atoms with E-state index in [-0.39, 0.29) is 0 Å². The molecule has 0 bridgehead atoms. The summed E-state index contributed by atoms with van der Waals surface area (Å²) in [6.07, 6.45) is 1.79. The highest BCUT2D eigenvalue weighted by atomic mass is 32.1. The number of nitrogens with zero attached hydrogens (tertiary/aromatic N) is 3. The number of nitrogens with two attached hydrogens (primary N) is 1. The Kier molecular flexibility index (Phi) is 2.98. The lowest BCUT2D eigenvalue weighted by atomic mass is 10.3. The molecule has 3 N–H and O–H groups in total. The summed E-state index contributed by atoms with van der Waals surface area (Å²) in [5.74, 6) is 0.419. The van der Waals surface area contributed by atoms with Gasteiger partial charge in [0, 0.05) is 6.21 Å². The van der Waals surface area contributed by atoms with Gasteiger partial charge in [-0.25, -0.2) is 0 Å². The molecular formula is C6H11N5S. The van der Waals surface area contributed by atoms with Gasteiger partial charge in [0.15, 0.2) is 0 Å². The second-order valence-electron chi connectivity index (χ2n) is 2.58. The van der Waals surface area contributed by atoms with E-state index in [1.165, 1.54) is 11.3 Å². The highest BCUT2D eigenvalue weighted by Gasteiger charge is 1.96. The van der Waals surface area contributed by atoms with Crippen LogP contribution in [0.25, 0.3) is 0 Å². The average Bonchev–Trinajstić information content (AvgIpc) is 2.35. The standard InChI is InChI=1S/C6H11N5S/c1-4(2)3-8-10-6-11-9-5(7)12-6/h3-4H,1-2H3,(H2,7,9)(H,10,11)/b8-3+. The number of hydrogen-bond donors (Lipinski definition) is 2. The number of anilines is 2. The Labute approximate surface area is 74.7 Å². The fraction of sp³-hybridized carbons (Fsp3) is 0.500. The molecule has 0 aliphatic carbocycles. The molecule has 0 saturated carbocycles. The van der Waals surface area contributed by atoms with Crippen molar-refractivity contribution in [3.05, 3.63) is 0 Å². The first kappa shape index (κ1) is 8.92. The zero-order valence-corrected chi connectivity index (χ0v) is 7.80. The summed E-state index contributed by atoms with van der Waals surface area (Å²) in [6, 6.07) is 0. The third-order valence-electron chi connectivity index (χ3n) is 0.973. The fourth-order valence-corrected chi connectivity index (χ4v) is 0.981. The van der Waals surface area contributed by atoms with E-state index < -0.39 is 0 Å². The van der Waals surface area contributed by atoms with Crippen LogP contribution >= 0.6 is 11.3 Å². The summed E-state index contributed by atoms with van der Waals surface area (Å²) in [4.78, 5) is 0. The first-order valence-corrected chi connectivity index (χ1v) is 4.38. The van der Waals surface area contributed by atoms with Crippen LogP contribution in [0.2, 0.25) is 0 Å². The first-order valence-electron chi connectivity index (χ1n) is 3.56. The van der Waals surface area contributed by atoms with Gasteiger partial charge in [-0.2, -0.15) is 5.10 Å². The zero-order chi connectivity index (χ0) is 8.97. The van der Waals surface area contributed by atoms with Gasteiger partial charge in [-0.3, -0.25) is 5.43 Å². The quantitative estimate of drug-likeness (QED) is 0.547. The van der Waals surface area contributed by atoms with Crippen LogP contribution in [0.1, 0.15) is 13.8 Å². The minimum absolute atomic E-state index is 0.419. The van der Waals surface area contributed by atoms with Crippen molar-refractivity contribution in [2.45, 2.75) is 13.8 Å². The van der Waals surface area contributed by atoms with E-state index in [4.69, 9.17) is 5.73 Å². The molecule has 0 saturated heterocycles. The van der Waals surface area contributed by atoms with Gasteiger partial charge in [0.05, 0.1) is 0 Å². The lowest BCUT2D eigenvalue weighted by Crippen LogP contribution is -1.93. The fourth-order valence-electron chi connectivity index (χ4n) is 0.521. The first-order chi connectivity index (χ1) is 5.68. The van der Waals surface area contributed by atoms with Crippen LogP contribution < -0.4 is 11.2 Å². The molecule has 0 aromatic carbocycles. The van der Waals surface area contributed by atoms with Crippen LogP contribution in [0.4, 0.5) is 10.3 Å². The highest BCUT2D eigenvalue weighted by Crippen LogP contribution is 2.15. The molecule has 0 amide bonds. The normalized spacial score (nSPS) is 11.2. The predicted molar refractivity (Wildman–Crippen MR) is 51.3 cm³/mol. The molecular weight excluding hydrogens is 174 g/mol. The van der Waals surface area contributed by atoms with E-state index in [2.05, 4.69) is 20.7 Å². The molecule has 12 heavy (non-hydrogen) atoms. The van der Waals surface area contributed by atoms with E-state index >= 15 is 0 Å². The van der Waals surface area contributed by atoms with Crippen LogP contribution in [0.3, 0.4) is 0 Å². The van der Waals surface area contributed by atoms with Crippen molar-refractivity contribution in [3.63, 3.8) is 0 Å². The number of rotatable bonds is 3. The van der Waals surface area contributed by atoms with Crippen molar-refractivity contribution in [3.8, 4) is 0 Å². The third-order valence-corrected chi connectivity index (χ3v) is 1.63. The summed E-state index contributed by atoms with van der Waals surface area (Å²) in [7, 11) is 0. The Bertz CT molecular complexity index is 267. The van der Waals surface area contributed by atoms with E-state index in [0.29, 0.717) is 16.2 Å². The molecule has 6 heteroatoms. The molecule has 1 aromatic rings. The van der Waals surface area contributed by atoms with Gasteiger partial charge in [0.25, 0.3) is 0 Å². The molecule has 0 aliphatic heterocycles. The third kappa shape index (κ3) is 2.83. The monoisotopic (exact) mass is 185 g/mol. The predicted octanol–water partition coefficient (Wildman–Crippen LogP) is 1.17. The molecule has 0 aliphatic rings. The van der Waals surface area contributed by atoms with Crippen LogP contribution in [0.5, 0.6) is 0 Å². The maximum Gasteiger partial charge on any atom is 0.227 e. The summed E-state index contributed by atoms with van der Waals surface area (Å²) >= 11 is 1.27. The Hall–Kier alpha value is -1.17. The van der Waals surface area contributed by atoms with Crippen molar-refractivity contribution >= 4 is 27.8 Å². The topological polar surface area (TPSA) is 76.2 Å². The van der Waals surface area contributed by atoms with Crippen LogP contribution in [0.15, 0.2) is 5.10 Å². The maximum absolute atomic E-state index is 5.36. The van der Waals surface area contributed by atoms with Gasteiger partial charge in [0.1, 0.15) is 0 Å². The minimum atomic E-state index is 0.419. The second kappa shape index (κ2) is 4.01. The van der Waals surface area contributed by atoms with Gasteiger partial charge in [-0.1, -0.05) is 25.2 Å². The van der Waals surface area contributed by atoms with E-state index in [9.17, 15) is 0 Å². The SMILES string of the molecule is CC(C)/C=N/Nc1nnc(N)s1. The van der Waals surface area contributed by atoms with Gasteiger partial charge >= 0.3 is 0 Å². The minimum Gasteiger partial charge on any atom is -0.374 e. The molecule has 0 spiro atoms. The summed E-state index contributed by atoms with van der Waals surface area (Å²) in [5, 5.41) is 12.3. The molecule has 5 nitrogen and oxygen atoms in total. The molecule has 1 heterocycles. The lowest BCUT2D eigenvalue weighted by Gasteiger charge is -1.93. The van der Waals surface area contributed by atoms with Gasteiger partial charge < -0.3 is 5.73 Å². The number of aromatic nitrogens is 2. The number of hydrazone groups is 1. The zero-order valence-electron chi connectivity index (χ0n) is 6.98. The van der Waals surface area contributed by atoms with Crippen LogP contribution in [-0.2, 0) is 0 Å². The van der Waals surface area contributed by atoms with Crippen molar-refractivity contribution in [1.29, 1.82) is 0 Å². The lowest BCUT2D eigenvalue weighted by molar-refractivity contribution is 0.903. The van der Waals surface area contributed by atoms with Crippen LogP contribution in [0, 0.1) is 5.92 Å². The second-order valence-corrected chi connectivity index (χ2v) is 3.59. The summed E-state index contributed by atoms with van der Waals surface area (Å²) in [5.41, 5.74) is 8.09. The molecule has 0 atom stereocenters. The number of nitrogens with one attached hydrogen (secondary N) is 1. The van der Waals surface area contributed by atoms with Gasteiger partial charge in [-0.05, 0) is 5.92 Å². The Morgan fingerprint density at radius 1 is 1.58 bits per heavy atom. The molecule has 0 radical (unpaired) electrons. The smallest absolute Gasteiger partial charge is 0.227 e. The largest absolute Gasteiger partial charge is 0.374 e. The maximum atomic E-state index is 5.36. The Morgan fingerprint density at radius 2 is 2.33 bits per heavy atom. The van der Waals surface area contributed by atoms with E-state index in [1.807, 2.05) is 13.8 Å². The van der Waals surface area contributed by atoms with Crippen molar-refractivity contribution in [2.75, 3.05) is 11.2 Å². The molecule has 0 fully saturated rings. The van der Waals surface area contributed by atoms with Gasteiger partial charge in [-0.15, -0.1) is 10.2 Å². The number of hydrogen-bond acceptors (Lipinski definition) is 6. The highest BCUT2D eigenvalue weighted by molar-refractivity contribution is 7.18. The average molecular weight is 185 g/mol. The molecule has 66 valence electrons. The van der Waals surface area contributed by atoms with Crippen molar-refractivity contribution in [2.24, 2.45) is 11.0 Å². The van der Waals surface area contributed by atoms with Crippen LogP contribution in [-0.4, -0.2) is 16.4 Å². The van der Waals surface area contributed by atoms with E-state index in [1.54, 1.807) is 6.21 Å². The summed E-state index contributed by atoms with van der Waals surface area (Å²) in [6.45, 7) is 4.08. The van der Waals surface area contributed by atoms with E-state index in [0.717, 1.165) is 0 Å². The summed E-state index contributed by atoms with van der Waals surface area (Å²) < 4.78 is 0. The number of nitrogen functional groups attached to an aromatic ring is 1. The van der Waals surface area contributed by atoms with Crippen molar-refractivity contribution < 1.29 is 0 Å². The molecule has 1 rings (SSSR count). The molecule has 0 unspecified atom stereocenters.